The van der Waals surface area contributed by atoms with Crippen LogP contribution in [0.2, 0.25) is 0 Å². The molecule has 0 saturated carbocycles. The molecule has 4 N–H and O–H groups in total. The van der Waals surface area contributed by atoms with Crippen molar-refractivity contribution in [2.24, 2.45) is 0 Å². The molecule has 0 fully saturated rings. The molecule has 1 heterocycles. The molecule has 1 aromatic heterocycles. The summed E-state index contributed by atoms with van der Waals surface area (Å²) in [6.45, 7) is 7.61. The Morgan fingerprint density at radius 2 is 1.79 bits per heavy atom. The van der Waals surface area contributed by atoms with Crippen LogP contribution in [-0.4, -0.2) is 47.4 Å². The summed E-state index contributed by atoms with van der Waals surface area (Å²) in [5, 5.41) is 18.2. The van der Waals surface area contributed by atoms with Crippen molar-refractivity contribution >= 4 is 5.95 Å². The number of nitrogens with zero attached hydrogens (tertiary/aromatic N) is 2. The molecule has 0 aromatic carbocycles. The molecule has 0 spiro atoms. The van der Waals surface area contributed by atoms with Gasteiger partial charge in [0.25, 0.3) is 0 Å². The molecule has 0 aliphatic carbocycles. The molecule has 108 valence electrons. The van der Waals surface area contributed by atoms with E-state index in [0.29, 0.717) is 18.5 Å². The van der Waals surface area contributed by atoms with Crippen LogP contribution in [0, 0.1) is 0 Å². The van der Waals surface area contributed by atoms with Crippen LogP contribution in [-0.2, 0) is 6.54 Å². The molecule has 0 radical (unpaired) electrons. The zero-order valence-corrected chi connectivity index (χ0v) is 11.8. The van der Waals surface area contributed by atoms with Gasteiger partial charge in [0.1, 0.15) is 0 Å². The molecule has 0 aliphatic rings. The molecular weight excluding hydrogens is 242 g/mol. The summed E-state index contributed by atoms with van der Waals surface area (Å²) in [6.07, 6.45) is 4.72. The first-order valence-corrected chi connectivity index (χ1v) is 6.82. The Morgan fingerprint density at radius 3 is 2.42 bits per heavy atom. The van der Waals surface area contributed by atoms with Crippen molar-refractivity contribution in [1.29, 1.82) is 0 Å². The van der Waals surface area contributed by atoms with Gasteiger partial charge in [-0.3, -0.25) is 0 Å². The third-order valence-corrected chi connectivity index (χ3v) is 2.45. The highest BCUT2D eigenvalue weighted by molar-refractivity contribution is 5.25. The van der Waals surface area contributed by atoms with Crippen molar-refractivity contribution < 1.29 is 5.11 Å². The largest absolute Gasteiger partial charge is 0.395 e. The van der Waals surface area contributed by atoms with Crippen LogP contribution in [0.3, 0.4) is 0 Å². The maximum Gasteiger partial charge on any atom is 0.222 e. The number of aliphatic hydroxyl groups is 1. The number of hydrogen-bond acceptors (Lipinski definition) is 6. The topological polar surface area (TPSA) is 82.1 Å². The lowest BCUT2D eigenvalue weighted by atomic mass is 10.3. The van der Waals surface area contributed by atoms with Gasteiger partial charge in [-0.25, -0.2) is 9.97 Å². The number of rotatable bonds is 10. The van der Waals surface area contributed by atoms with E-state index in [-0.39, 0.29) is 6.61 Å². The van der Waals surface area contributed by atoms with E-state index in [1.54, 1.807) is 0 Å². The first-order chi connectivity index (χ1) is 9.22. The maximum absolute atomic E-state index is 8.60. The Hall–Kier alpha value is -1.24. The Kier molecular flexibility index (Phi) is 8.04. The molecule has 6 nitrogen and oxygen atoms in total. The number of aliphatic hydroxyl groups excluding tert-OH is 1. The molecule has 0 saturated heterocycles. The third-order valence-electron chi connectivity index (χ3n) is 2.45. The highest BCUT2D eigenvalue weighted by Crippen LogP contribution is 2.01. The highest BCUT2D eigenvalue weighted by Gasteiger charge is 1.99. The predicted molar refractivity (Wildman–Crippen MR) is 77.1 cm³/mol. The van der Waals surface area contributed by atoms with Crippen LogP contribution < -0.4 is 16.0 Å². The van der Waals surface area contributed by atoms with Crippen molar-refractivity contribution in [3.05, 3.63) is 18.0 Å². The van der Waals surface area contributed by atoms with E-state index in [9.17, 15) is 0 Å². The monoisotopic (exact) mass is 267 g/mol. The molecule has 1 aromatic rings. The number of nitrogens with one attached hydrogen (secondary N) is 3. The minimum Gasteiger partial charge on any atom is -0.395 e. The fourth-order valence-corrected chi connectivity index (χ4v) is 1.55. The normalized spacial score (nSPS) is 10.9. The van der Waals surface area contributed by atoms with Crippen molar-refractivity contribution in [3.8, 4) is 0 Å². The van der Waals surface area contributed by atoms with Crippen LogP contribution in [0.25, 0.3) is 0 Å². The summed E-state index contributed by atoms with van der Waals surface area (Å²) in [5.41, 5.74) is 1.08. The summed E-state index contributed by atoms with van der Waals surface area (Å²) in [7, 11) is 0. The fourth-order valence-electron chi connectivity index (χ4n) is 1.55. The van der Waals surface area contributed by atoms with Gasteiger partial charge in [0.15, 0.2) is 0 Å². The summed E-state index contributed by atoms with van der Waals surface area (Å²) in [5.74, 6) is 0.673. The van der Waals surface area contributed by atoms with Crippen LogP contribution in [0.5, 0.6) is 0 Å². The first kappa shape index (κ1) is 15.8. The Labute approximate surface area is 115 Å². The van der Waals surface area contributed by atoms with Gasteiger partial charge in [-0.15, -0.1) is 0 Å². The second-order valence-electron chi connectivity index (χ2n) is 4.72. The van der Waals surface area contributed by atoms with Gasteiger partial charge in [0.05, 0.1) is 6.61 Å². The van der Waals surface area contributed by atoms with E-state index < -0.39 is 0 Å². The highest BCUT2D eigenvalue weighted by atomic mass is 16.3. The van der Waals surface area contributed by atoms with Crippen molar-refractivity contribution in [1.82, 2.24) is 20.6 Å². The molecule has 0 aliphatic heterocycles. The minimum absolute atomic E-state index is 0.196. The Balaban J connectivity index is 2.12. The molecule has 19 heavy (non-hydrogen) atoms. The smallest absolute Gasteiger partial charge is 0.222 e. The lowest BCUT2D eigenvalue weighted by Gasteiger charge is -2.08. The van der Waals surface area contributed by atoms with Crippen LogP contribution in [0.4, 0.5) is 5.95 Å². The van der Waals surface area contributed by atoms with E-state index in [2.05, 4.69) is 39.8 Å². The van der Waals surface area contributed by atoms with Gasteiger partial charge >= 0.3 is 0 Å². The number of hydrogen-bond donors (Lipinski definition) is 4. The second kappa shape index (κ2) is 9.66. The Morgan fingerprint density at radius 1 is 1.11 bits per heavy atom. The van der Waals surface area contributed by atoms with Gasteiger partial charge in [-0.1, -0.05) is 0 Å². The van der Waals surface area contributed by atoms with Gasteiger partial charge in [-0.2, -0.15) is 0 Å². The molecule has 0 unspecified atom stereocenters. The lowest BCUT2D eigenvalue weighted by Crippen LogP contribution is -2.24. The van der Waals surface area contributed by atoms with E-state index in [4.69, 9.17) is 5.11 Å². The van der Waals surface area contributed by atoms with Crippen molar-refractivity contribution in [2.75, 3.05) is 31.6 Å². The summed E-state index contributed by atoms with van der Waals surface area (Å²) < 4.78 is 0. The van der Waals surface area contributed by atoms with Crippen molar-refractivity contribution in [2.45, 2.75) is 32.9 Å². The van der Waals surface area contributed by atoms with Crippen LogP contribution in [0.15, 0.2) is 12.4 Å². The molecule has 0 atom stereocenters. The summed E-state index contributed by atoms with van der Waals surface area (Å²) in [6, 6.07) is 0.343. The van der Waals surface area contributed by atoms with Gasteiger partial charge < -0.3 is 21.1 Å². The SMILES string of the molecule is CC(C)Nc1ncc(CNCCCNCCO)cn1. The summed E-state index contributed by atoms with van der Waals surface area (Å²) in [4.78, 5) is 8.51. The quantitative estimate of drug-likeness (QED) is 0.458. The van der Waals surface area contributed by atoms with E-state index in [1.807, 2.05) is 12.4 Å². The first-order valence-electron chi connectivity index (χ1n) is 6.82. The van der Waals surface area contributed by atoms with E-state index >= 15 is 0 Å². The van der Waals surface area contributed by atoms with Gasteiger partial charge in [0, 0.05) is 37.1 Å². The van der Waals surface area contributed by atoms with Crippen molar-refractivity contribution in [3.63, 3.8) is 0 Å². The second-order valence-corrected chi connectivity index (χ2v) is 4.72. The zero-order chi connectivity index (χ0) is 13.9. The van der Waals surface area contributed by atoms with E-state index in [1.165, 1.54) is 0 Å². The maximum atomic E-state index is 8.60. The molecule has 0 amide bonds. The summed E-state index contributed by atoms with van der Waals surface area (Å²) >= 11 is 0. The lowest BCUT2D eigenvalue weighted by molar-refractivity contribution is 0.292. The van der Waals surface area contributed by atoms with Crippen LogP contribution in [0.1, 0.15) is 25.8 Å². The Bertz CT molecular complexity index is 328. The molecule has 0 bridgehead atoms. The average molecular weight is 267 g/mol. The number of aromatic nitrogens is 2. The van der Waals surface area contributed by atoms with Gasteiger partial charge in [0.2, 0.25) is 5.95 Å². The molecule has 1 rings (SSSR count). The fraction of sp³-hybridized carbons (Fsp3) is 0.692. The van der Waals surface area contributed by atoms with Gasteiger partial charge in [-0.05, 0) is 33.4 Å². The standard InChI is InChI=1S/C13H25N5O/c1-11(2)18-13-16-9-12(10-17-13)8-15-5-3-4-14-6-7-19/h9-11,14-15,19H,3-8H2,1-2H3,(H,16,17,18). The third kappa shape index (κ3) is 7.71. The molecular formula is C13H25N5O. The van der Waals surface area contributed by atoms with Crippen LogP contribution >= 0.6 is 0 Å². The number of anilines is 1. The van der Waals surface area contributed by atoms with E-state index in [0.717, 1.165) is 31.6 Å². The molecule has 6 heteroatoms. The zero-order valence-electron chi connectivity index (χ0n) is 11.8. The predicted octanol–water partition coefficient (Wildman–Crippen LogP) is 0.359. The average Bonchev–Trinajstić information content (AvgIpc) is 2.39. The minimum atomic E-state index is 0.196.